The Labute approximate surface area is 184 Å². The number of carbonyl (C=O) groups is 3. The normalized spacial score (nSPS) is 10.6. The predicted octanol–water partition coefficient (Wildman–Crippen LogP) is 3.82. The second-order valence-corrected chi connectivity index (χ2v) is 7.78. The third-order valence-corrected chi connectivity index (χ3v) is 5.14. The lowest BCUT2D eigenvalue weighted by Crippen LogP contribution is -2.27. The van der Waals surface area contributed by atoms with Gasteiger partial charge in [0.25, 0.3) is 0 Å². The van der Waals surface area contributed by atoms with E-state index in [-0.39, 0.29) is 17.2 Å². The quantitative estimate of drug-likeness (QED) is 0.427. The summed E-state index contributed by atoms with van der Waals surface area (Å²) < 4.78 is 5.04. The standard InChI is InChI=1S/C20H26N4O6S/c1-5-10-30-20(28)22-17-15(18(25)26)14(11-24(2)3)16(31-17)12-6-8-13(9-7-12)21-19(27)23-29-4/h6-9H,5,10-11H2,1-4H3,(H,22,28)(H,25,26)(H2,21,23,27). The Morgan fingerprint density at radius 3 is 2.35 bits per heavy atom. The minimum absolute atomic E-state index is 0.0313. The predicted molar refractivity (Wildman–Crippen MR) is 119 cm³/mol. The van der Waals surface area contributed by atoms with E-state index in [0.717, 1.165) is 16.9 Å². The second kappa shape index (κ2) is 11.3. The molecule has 0 radical (unpaired) electrons. The van der Waals surface area contributed by atoms with Gasteiger partial charge in [0.05, 0.1) is 19.3 Å². The molecule has 0 spiro atoms. The van der Waals surface area contributed by atoms with Crippen LogP contribution in [-0.2, 0) is 16.1 Å². The van der Waals surface area contributed by atoms with Gasteiger partial charge in [-0.2, -0.15) is 0 Å². The van der Waals surface area contributed by atoms with Gasteiger partial charge in [-0.3, -0.25) is 10.2 Å². The average Bonchev–Trinajstić information content (AvgIpc) is 3.04. The molecule has 0 fully saturated rings. The monoisotopic (exact) mass is 450 g/mol. The number of amides is 3. The minimum Gasteiger partial charge on any atom is -0.478 e. The number of rotatable bonds is 9. The molecule has 10 nitrogen and oxygen atoms in total. The Balaban J connectivity index is 2.43. The number of nitrogens with zero attached hydrogens (tertiary/aromatic N) is 1. The van der Waals surface area contributed by atoms with E-state index >= 15 is 0 Å². The highest BCUT2D eigenvalue weighted by atomic mass is 32.1. The van der Waals surface area contributed by atoms with Crippen LogP contribution in [-0.4, -0.2) is 55.9 Å². The number of hydroxylamine groups is 1. The molecule has 0 aliphatic carbocycles. The number of hydrogen-bond acceptors (Lipinski definition) is 7. The number of nitrogens with one attached hydrogen (secondary N) is 3. The van der Waals surface area contributed by atoms with Gasteiger partial charge >= 0.3 is 18.1 Å². The summed E-state index contributed by atoms with van der Waals surface area (Å²) in [5, 5.41) is 15.2. The van der Waals surface area contributed by atoms with Crippen LogP contribution in [0, 0.1) is 0 Å². The first-order valence-electron chi connectivity index (χ1n) is 9.44. The van der Waals surface area contributed by atoms with Crippen molar-refractivity contribution in [2.75, 3.05) is 38.4 Å². The third-order valence-electron chi connectivity index (χ3n) is 3.95. The van der Waals surface area contributed by atoms with Crippen LogP contribution in [0.2, 0.25) is 0 Å². The Kier molecular flexibility index (Phi) is 8.79. The molecule has 3 amide bonds. The molecule has 0 aliphatic rings. The number of carboxylic acids is 1. The molecule has 31 heavy (non-hydrogen) atoms. The fraction of sp³-hybridized carbons (Fsp3) is 0.350. The summed E-state index contributed by atoms with van der Waals surface area (Å²) in [6.45, 7) is 2.46. The molecule has 2 aromatic rings. The lowest BCUT2D eigenvalue weighted by Gasteiger charge is -2.12. The van der Waals surface area contributed by atoms with E-state index in [1.807, 2.05) is 25.9 Å². The van der Waals surface area contributed by atoms with Crippen LogP contribution >= 0.6 is 11.3 Å². The number of thiophene rings is 1. The van der Waals surface area contributed by atoms with E-state index in [9.17, 15) is 19.5 Å². The lowest BCUT2D eigenvalue weighted by atomic mass is 10.0. The van der Waals surface area contributed by atoms with Crippen molar-refractivity contribution in [3.05, 3.63) is 35.4 Å². The number of aromatic carboxylic acids is 1. The largest absolute Gasteiger partial charge is 0.478 e. The summed E-state index contributed by atoms with van der Waals surface area (Å²) in [5.74, 6) is -1.14. The number of anilines is 2. The summed E-state index contributed by atoms with van der Waals surface area (Å²) in [6.07, 6.45) is -0.0407. The molecule has 2 rings (SSSR count). The highest BCUT2D eigenvalue weighted by Crippen LogP contribution is 2.41. The highest BCUT2D eigenvalue weighted by molar-refractivity contribution is 7.20. The first-order valence-corrected chi connectivity index (χ1v) is 10.3. The number of ether oxygens (including phenoxy) is 1. The number of benzene rings is 1. The maximum atomic E-state index is 12.0. The van der Waals surface area contributed by atoms with Crippen LogP contribution in [0.5, 0.6) is 0 Å². The van der Waals surface area contributed by atoms with Crippen molar-refractivity contribution in [1.29, 1.82) is 0 Å². The lowest BCUT2D eigenvalue weighted by molar-refractivity contribution is 0.0696. The summed E-state index contributed by atoms with van der Waals surface area (Å²) in [5.41, 5.74) is 4.04. The highest BCUT2D eigenvalue weighted by Gasteiger charge is 2.26. The zero-order valence-corrected chi connectivity index (χ0v) is 18.6. The Morgan fingerprint density at radius 2 is 1.81 bits per heavy atom. The number of carbonyl (C=O) groups excluding carboxylic acids is 2. The molecule has 0 unspecified atom stereocenters. The van der Waals surface area contributed by atoms with Gasteiger partial charge in [0.2, 0.25) is 0 Å². The van der Waals surface area contributed by atoms with Crippen LogP contribution < -0.4 is 16.1 Å². The zero-order chi connectivity index (χ0) is 23.0. The maximum absolute atomic E-state index is 12.0. The Bertz CT molecular complexity index is 926. The SMILES string of the molecule is CCCOC(=O)Nc1sc(-c2ccc(NC(=O)NOC)cc2)c(CN(C)C)c1C(=O)O. The van der Waals surface area contributed by atoms with E-state index in [0.29, 0.717) is 29.1 Å². The average molecular weight is 451 g/mol. The maximum Gasteiger partial charge on any atom is 0.412 e. The molecule has 11 heteroatoms. The number of carboxylic acid groups (broad SMARTS) is 1. The van der Waals surface area contributed by atoms with Crippen molar-refractivity contribution in [1.82, 2.24) is 10.4 Å². The van der Waals surface area contributed by atoms with Crippen molar-refractivity contribution < 1.29 is 29.1 Å². The van der Waals surface area contributed by atoms with E-state index in [1.165, 1.54) is 7.11 Å². The fourth-order valence-electron chi connectivity index (χ4n) is 2.76. The van der Waals surface area contributed by atoms with Crippen LogP contribution in [0.4, 0.5) is 20.3 Å². The van der Waals surface area contributed by atoms with Crippen molar-refractivity contribution >= 4 is 40.1 Å². The van der Waals surface area contributed by atoms with Crippen LogP contribution in [0.15, 0.2) is 24.3 Å². The summed E-state index contributed by atoms with van der Waals surface area (Å²) in [4.78, 5) is 42.7. The van der Waals surface area contributed by atoms with Crippen LogP contribution in [0.3, 0.4) is 0 Å². The van der Waals surface area contributed by atoms with Gasteiger partial charge in [-0.05, 0) is 38.2 Å². The second-order valence-electron chi connectivity index (χ2n) is 6.76. The molecule has 0 aliphatic heterocycles. The zero-order valence-electron chi connectivity index (χ0n) is 17.8. The van der Waals surface area contributed by atoms with Gasteiger partial charge in [0.1, 0.15) is 5.00 Å². The van der Waals surface area contributed by atoms with Crippen molar-refractivity contribution in [3.8, 4) is 10.4 Å². The first kappa shape index (κ1) is 24.1. The number of hydrogen-bond donors (Lipinski definition) is 4. The van der Waals surface area contributed by atoms with Gasteiger partial charge in [0.15, 0.2) is 0 Å². The van der Waals surface area contributed by atoms with Crippen molar-refractivity contribution in [2.45, 2.75) is 19.9 Å². The Morgan fingerprint density at radius 1 is 1.13 bits per heavy atom. The molecule has 0 saturated carbocycles. The molecule has 1 aromatic heterocycles. The van der Waals surface area contributed by atoms with E-state index in [2.05, 4.69) is 21.0 Å². The molecule has 4 N–H and O–H groups in total. The van der Waals surface area contributed by atoms with Crippen molar-refractivity contribution in [3.63, 3.8) is 0 Å². The van der Waals surface area contributed by atoms with E-state index in [4.69, 9.17) is 4.74 Å². The van der Waals surface area contributed by atoms with Crippen LogP contribution in [0.1, 0.15) is 29.3 Å². The van der Waals surface area contributed by atoms with Gasteiger partial charge in [0, 0.05) is 22.7 Å². The minimum atomic E-state index is -1.14. The topological polar surface area (TPSA) is 129 Å². The molecule has 1 heterocycles. The molecule has 0 saturated heterocycles. The van der Waals surface area contributed by atoms with Gasteiger partial charge in [-0.25, -0.2) is 19.9 Å². The Hall–Kier alpha value is -3.15. The molecular formula is C20H26N4O6S. The summed E-state index contributed by atoms with van der Waals surface area (Å²) >= 11 is 1.16. The smallest absolute Gasteiger partial charge is 0.412 e. The van der Waals surface area contributed by atoms with Crippen molar-refractivity contribution in [2.24, 2.45) is 0 Å². The van der Waals surface area contributed by atoms with E-state index < -0.39 is 18.1 Å². The first-order chi connectivity index (χ1) is 14.8. The van der Waals surface area contributed by atoms with E-state index in [1.54, 1.807) is 24.3 Å². The van der Waals surface area contributed by atoms with Gasteiger partial charge in [-0.1, -0.05) is 19.1 Å². The fourth-order valence-corrected chi connectivity index (χ4v) is 3.95. The van der Waals surface area contributed by atoms with Crippen LogP contribution in [0.25, 0.3) is 10.4 Å². The molecule has 0 bridgehead atoms. The summed E-state index contributed by atoms with van der Waals surface area (Å²) in [6, 6.07) is 6.38. The summed E-state index contributed by atoms with van der Waals surface area (Å²) in [7, 11) is 4.99. The van der Waals surface area contributed by atoms with Gasteiger partial charge < -0.3 is 20.1 Å². The van der Waals surface area contributed by atoms with Gasteiger partial charge in [-0.15, -0.1) is 11.3 Å². The molecule has 168 valence electrons. The number of urea groups is 1. The molecule has 0 atom stereocenters. The molecule has 1 aromatic carbocycles. The molecular weight excluding hydrogens is 424 g/mol. The third kappa shape index (κ3) is 6.67.